The van der Waals surface area contributed by atoms with Crippen molar-refractivity contribution in [1.29, 1.82) is 0 Å². The van der Waals surface area contributed by atoms with Crippen LogP contribution in [0.25, 0.3) is 0 Å². The number of rotatable bonds is 8. The van der Waals surface area contributed by atoms with Crippen LogP contribution < -0.4 is 15.8 Å². The van der Waals surface area contributed by atoms with Crippen molar-refractivity contribution in [3.8, 4) is 5.75 Å². The first-order valence-corrected chi connectivity index (χ1v) is 7.98. The van der Waals surface area contributed by atoms with E-state index in [1.807, 2.05) is 12.1 Å². The molecular weight excluding hydrogens is 266 g/mol. The van der Waals surface area contributed by atoms with Crippen molar-refractivity contribution in [2.24, 2.45) is 5.73 Å². The van der Waals surface area contributed by atoms with Crippen molar-refractivity contribution in [2.45, 2.75) is 51.2 Å². The van der Waals surface area contributed by atoms with Gasteiger partial charge >= 0.3 is 0 Å². The van der Waals surface area contributed by atoms with Gasteiger partial charge in [0.05, 0.1) is 19.3 Å². The molecule has 0 bridgehead atoms. The first-order valence-electron chi connectivity index (χ1n) is 7.98. The summed E-state index contributed by atoms with van der Waals surface area (Å²) in [6.45, 7) is 4.22. The van der Waals surface area contributed by atoms with Crippen LogP contribution in [-0.2, 0) is 4.74 Å². The lowest BCUT2D eigenvalue weighted by Crippen LogP contribution is -2.31. The smallest absolute Gasteiger partial charge is 0.168 e. The monoisotopic (exact) mass is 293 g/mol. The van der Waals surface area contributed by atoms with Crippen molar-refractivity contribution in [2.75, 3.05) is 25.1 Å². The Balaban J connectivity index is 1.68. The van der Waals surface area contributed by atoms with Crippen LogP contribution in [-0.4, -0.2) is 36.9 Å². The largest absolute Gasteiger partial charge is 0.490 e. The highest BCUT2D eigenvalue weighted by molar-refractivity contribution is 5.49. The third-order valence-corrected chi connectivity index (χ3v) is 3.70. The summed E-state index contributed by atoms with van der Waals surface area (Å²) in [6.07, 6.45) is 7.43. The van der Waals surface area contributed by atoms with E-state index in [1.54, 1.807) is 6.20 Å². The lowest BCUT2D eigenvalue weighted by atomic mass is 9.94. The number of anilines is 1. The molecule has 1 aromatic rings. The summed E-state index contributed by atoms with van der Waals surface area (Å²) >= 11 is 0. The molecule has 0 spiro atoms. The summed E-state index contributed by atoms with van der Waals surface area (Å²) in [4.78, 5) is 4.32. The Kier molecular flexibility index (Phi) is 6.76. The third-order valence-electron chi connectivity index (χ3n) is 3.70. The standard InChI is InChI=1S/C16H27N3O2/c1-2-11-21-15-4-3-9-18-16(15)19-10-12-20-14-7-5-13(17)6-8-14/h3-4,9,13-14H,2,5-8,10-12,17H2,1H3,(H,18,19). The molecule has 5 heteroatoms. The number of nitrogens with two attached hydrogens (primary N) is 1. The highest BCUT2D eigenvalue weighted by Gasteiger charge is 2.18. The van der Waals surface area contributed by atoms with Gasteiger partial charge in [0.1, 0.15) is 0 Å². The second-order valence-electron chi connectivity index (χ2n) is 5.53. The molecule has 0 unspecified atom stereocenters. The molecule has 0 saturated heterocycles. The Morgan fingerprint density at radius 2 is 2.10 bits per heavy atom. The quantitative estimate of drug-likeness (QED) is 0.721. The van der Waals surface area contributed by atoms with Gasteiger partial charge in [0.2, 0.25) is 0 Å². The van der Waals surface area contributed by atoms with Crippen LogP contribution in [0.1, 0.15) is 39.0 Å². The average molecular weight is 293 g/mol. The van der Waals surface area contributed by atoms with E-state index in [4.69, 9.17) is 15.2 Å². The molecule has 1 heterocycles. The van der Waals surface area contributed by atoms with Gasteiger partial charge in [-0.25, -0.2) is 4.98 Å². The fraction of sp³-hybridized carbons (Fsp3) is 0.688. The molecule has 1 fully saturated rings. The minimum absolute atomic E-state index is 0.367. The highest BCUT2D eigenvalue weighted by atomic mass is 16.5. The molecule has 0 aliphatic heterocycles. The van der Waals surface area contributed by atoms with Gasteiger partial charge in [-0.15, -0.1) is 0 Å². The van der Waals surface area contributed by atoms with Crippen molar-refractivity contribution in [3.05, 3.63) is 18.3 Å². The van der Waals surface area contributed by atoms with Crippen LogP contribution in [0.3, 0.4) is 0 Å². The van der Waals surface area contributed by atoms with Crippen LogP contribution in [0.15, 0.2) is 18.3 Å². The predicted molar refractivity (Wildman–Crippen MR) is 84.7 cm³/mol. The zero-order valence-corrected chi connectivity index (χ0v) is 12.9. The Morgan fingerprint density at radius 1 is 1.29 bits per heavy atom. The molecule has 0 amide bonds. The van der Waals surface area contributed by atoms with E-state index in [2.05, 4.69) is 17.2 Å². The number of aromatic nitrogens is 1. The molecule has 2 rings (SSSR count). The molecule has 1 aromatic heterocycles. The summed E-state index contributed by atoms with van der Waals surface area (Å²) in [5.41, 5.74) is 5.89. The molecule has 3 N–H and O–H groups in total. The minimum Gasteiger partial charge on any atom is -0.490 e. The Bertz CT molecular complexity index is 406. The number of ether oxygens (including phenoxy) is 2. The molecule has 1 aliphatic rings. The van der Waals surface area contributed by atoms with Crippen LogP contribution in [0.4, 0.5) is 5.82 Å². The van der Waals surface area contributed by atoms with E-state index in [0.717, 1.165) is 50.2 Å². The van der Waals surface area contributed by atoms with Crippen molar-refractivity contribution >= 4 is 5.82 Å². The van der Waals surface area contributed by atoms with E-state index in [9.17, 15) is 0 Å². The van der Waals surface area contributed by atoms with Crippen molar-refractivity contribution < 1.29 is 9.47 Å². The number of hydrogen-bond donors (Lipinski definition) is 2. The van der Waals surface area contributed by atoms with Gasteiger partial charge in [0.15, 0.2) is 11.6 Å². The van der Waals surface area contributed by atoms with Gasteiger partial charge in [-0.05, 0) is 44.2 Å². The first kappa shape index (κ1) is 16.0. The van der Waals surface area contributed by atoms with Gasteiger partial charge in [0, 0.05) is 18.8 Å². The number of pyridine rings is 1. The number of hydrogen-bond acceptors (Lipinski definition) is 5. The molecule has 0 aromatic carbocycles. The van der Waals surface area contributed by atoms with E-state index >= 15 is 0 Å². The second-order valence-corrected chi connectivity index (χ2v) is 5.53. The lowest BCUT2D eigenvalue weighted by molar-refractivity contribution is 0.0313. The summed E-state index contributed by atoms with van der Waals surface area (Å²) in [6, 6.07) is 4.20. The maximum Gasteiger partial charge on any atom is 0.168 e. The van der Waals surface area contributed by atoms with Gasteiger partial charge in [0.25, 0.3) is 0 Å². The van der Waals surface area contributed by atoms with E-state index in [1.165, 1.54) is 0 Å². The Hall–Kier alpha value is -1.33. The average Bonchev–Trinajstić information content (AvgIpc) is 2.52. The maximum atomic E-state index is 5.89. The molecule has 118 valence electrons. The number of nitrogens with one attached hydrogen (secondary N) is 1. The first-order chi connectivity index (χ1) is 10.3. The van der Waals surface area contributed by atoms with Crippen LogP contribution in [0, 0.1) is 0 Å². The topological polar surface area (TPSA) is 69.4 Å². The Labute approximate surface area is 127 Å². The van der Waals surface area contributed by atoms with Gasteiger partial charge in [-0.1, -0.05) is 6.92 Å². The normalized spacial score (nSPS) is 22.0. The molecule has 21 heavy (non-hydrogen) atoms. The molecule has 1 saturated carbocycles. The van der Waals surface area contributed by atoms with Crippen molar-refractivity contribution in [1.82, 2.24) is 4.98 Å². The zero-order chi connectivity index (χ0) is 14.9. The minimum atomic E-state index is 0.367. The summed E-state index contributed by atoms with van der Waals surface area (Å²) < 4.78 is 11.6. The zero-order valence-electron chi connectivity index (χ0n) is 12.9. The second kappa shape index (κ2) is 8.85. The van der Waals surface area contributed by atoms with Gasteiger partial charge in [-0.2, -0.15) is 0 Å². The predicted octanol–water partition coefficient (Wildman–Crippen LogP) is 2.57. The molecule has 0 radical (unpaired) electrons. The number of nitrogens with zero attached hydrogens (tertiary/aromatic N) is 1. The van der Waals surface area contributed by atoms with E-state index in [-0.39, 0.29) is 0 Å². The SMILES string of the molecule is CCCOc1cccnc1NCCOC1CCC(N)CC1. The van der Waals surface area contributed by atoms with E-state index in [0.29, 0.717) is 25.4 Å². The maximum absolute atomic E-state index is 5.89. The summed E-state index contributed by atoms with van der Waals surface area (Å²) in [7, 11) is 0. The fourth-order valence-electron chi connectivity index (χ4n) is 2.50. The van der Waals surface area contributed by atoms with Gasteiger partial charge in [-0.3, -0.25) is 0 Å². The summed E-state index contributed by atoms with van der Waals surface area (Å²) in [5, 5.41) is 3.28. The molecular formula is C16H27N3O2. The fourth-order valence-corrected chi connectivity index (χ4v) is 2.50. The highest BCUT2D eigenvalue weighted by Crippen LogP contribution is 2.21. The third kappa shape index (κ3) is 5.52. The summed E-state index contributed by atoms with van der Waals surface area (Å²) in [5.74, 6) is 1.60. The molecule has 1 aliphatic carbocycles. The van der Waals surface area contributed by atoms with E-state index < -0.39 is 0 Å². The molecule has 5 nitrogen and oxygen atoms in total. The lowest BCUT2D eigenvalue weighted by Gasteiger charge is -2.26. The van der Waals surface area contributed by atoms with Crippen LogP contribution in [0.2, 0.25) is 0 Å². The van der Waals surface area contributed by atoms with Crippen LogP contribution in [0.5, 0.6) is 5.75 Å². The molecule has 0 atom stereocenters. The van der Waals surface area contributed by atoms with Crippen LogP contribution >= 0.6 is 0 Å². The van der Waals surface area contributed by atoms with Crippen molar-refractivity contribution in [3.63, 3.8) is 0 Å². The Morgan fingerprint density at radius 3 is 2.86 bits per heavy atom. The van der Waals surface area contributed by atoms with Gasteiger partial charge < -0.3 is 20.5 Å².